The van der Waals surface area contributed by atoms with Crippen LogP contribution in [0.5, 0.6) is 0 Å². The SMILES string of the molecule is CC(=O)C12[C@@H]3C=C[C@H]4C3C3[C@@H]1C=C[C@@H]3C42C(C)=O. The number of rotatable bonds is 2. The van der Waals surface area contributed by atoms with E-state index in [4.69, 9.17) is 0 Å². The highest BCUT2D eigenvalue weighted by molar-refractivity contribution is 5.99. The number of Topliss-reactive ketones (excluding diaryl/α,β-unsaturated/α-hetero) is 2. The molecule has 0 aliphatic heterocycles. The van der Waals surface area contributed by atoms with Crippen LogP contribution in [0.15, 0.2) is 24.3 Å². The Morgan fingerprint density at radius 2 is 1.00 bits per heavy atom. The van der Waals surface area contributed by atoms with Crippen molar-refractivity contribution in [3.8, 4) is 0 Å². The second-order valence-electron chi connectivity index (χ2n) is 6.88. The predicted molar refractivity (Wildman–Crippen MR) is 65.4 cm³/mol. The Labute approximate surface area is 106 Å². The van der Waals surface area contributed by atoms with E-state index in [1.54, 1.807) is 13.8 Å². The van der Waals surface area contributed by atoms with Gasteiger partial charge in [-0.05, 0) is 49.4 Å². The van der Waals surface area contributed by atoms with Crippen LogP contribution in [-0.2, 0) is 9.59 Å². The zero-order valence-corrected chi connectivity index (χ0v) is 10.6. The molecule has 0 heterocycles. The Balaban J connectivity index is 1.94. The first-order valence-electron chi connectivity index (χ1n) is 6.98. The molecule has 0 aromatic carbocycles. The normalized spacial score (nSPS) is 63.4. The molecule has 6 aliphatic rings. The quantitative estimate of drug-likeness (QED) is 0.692. The average molecular weight is 240 g/mol. The van der Waals surface area contributed by atoms with E-state index in [-0.39, 0.29) is 22.4 Å². The lowest BCUT2D eigenvalue weighted by Gasteiger charge is -2.49. The summed E-state index contributed by atoms with van der Waals surface area (Å²) in [6.07, 6.45) is 9.00. The summed E-state index contributed by atoms with van der Waals surface area (Å²) in [5.41, 5.74) is -0.736. The lowest BCUT2D eigenvalue weighted by molar-refractivity contribution is -0.150. The minimum absolute atomic E-state index is 0.263. The van der Waals surface area contributed by atoms with E-state index in [1.165, 1.54) is 0 Å². The largest absolute Gasteiger partial charge is 0.299 e. The molecule has 8 bridgehead atoms. The second kappa shape index (κ2) is 2.31. The molecular weight excluding hydrogens is 224 g/mol. The Bertz CT molecular complexity index is 502. The Kier molecular flexibility index (Phi) is 1.24. The van der Waals surface area contributed by atoms with Crippen molar-refractivity contribution in [2.24, 2.45) is 46.3 Å². The van der Waals surface area contributed by atoms with Gasteiger partial charge >= 0.3 is 0 Å². The maximum absolute atomic E-state index is 12.5. The summed E-state index contributed by atoms with van der Waals surface area (Å²) >= 11 is 0. The van der Waals surface area contributed by atoms with Crippen LogP contribution in [0.1, 0.15) is 13.8 Å². The maximum Gasteiger partial charge on any atom is 0.138 e. The fraction of sp³-hybridized carbons (Fsp3) is 0.625. The number of carbonyl (C=O) groups excluding carboxylic acids is 2. The van der Waals surface area contributed by atoms with Gasteiger partial charge < -0.3 is 0 Å². The number of hydrogen-bond donors (Lipinski definition) is 0. The van der Waals surface area contributed by atoms with Gasteiger partial charge in [0.2, 0.25) is 0 Å². The Morgan fingerprint density at radius 3 is 1.22 bits per heavy atom. The standard InChI is InChI=1S/C16H16O2/c1-7(17)15-9-3-5-11-13(9)14-10(15)4-6-12(14)16(11,15)8(2)18/h3-6,9-14H,1-2H3/t9-,10-,11-,12+,13?,14?,15?,16?/m0/s1. The molecule has 0 spiro atoms. The van der Waals surface area contributed by atoms with Gasteiger partial charge in [-0.15, -0.1) is 0 Å². The van der Waals surface area contributed by atoms with Crippen molar-refractivity contribution in [1.82, 2.24) is 0 Å². The van der Waals surface area contributed by atoms with Gasteiger partial charge in [-0.25, -0.2) is 0 Å². The van der Waals surface area contributed by atoms with E-state index in [1.807, 2.05) is 0 Å². The molecule has 6 rings (SSSR count). The van der Waals surface area contributed by atoms with Gasteiger partial charge in [-0.2, -0.15) is 0 Å². The van der Waals surface area contributed by atoms with Gasteiger partial charge in [0, 0.05) is 0 Å². The van der Waals surface area contributed by atoms with E-state index < -0.39 is 0 Å². The van der Waals surface area contributed by atoms with E-state index >= 15 is 0 Å². The summed E-state index contributed by atoms with van der Waals surface area (Å²) < 4.78 is 0. The third-order valence-corrected chi connectivity index (χ3v) is 7.11. The molecule has 8 atom stereocenters. The Morgan fingerprint density at radius 1 is 0.722 bits per heavy atom. The summed E-state index contributed by atoms with van der Waals surface area (Å²) in [4.78, 5) is 25.1. The highest BCUT2D eigenvalue weighted by atomic mass is 16.1. The van der Waals surface area contributed by atoms with Crippen LogP contribution in [0, 0.1) is 46.3 Å². The van der Waals surface area contributed by atoms with Crippen molar-refractivity contribution in [1.29, 1.82) is 0 Å². The molecule has 92 valence electrons. The average Bonchev–Trinajstić information content (AvgIpc) is 3.07. The molecule has 4 saturated carbocycles. The zero-order valence-electron chi connectivity index (χ0n) is 10.6. The van der Waals surface area contributed by atoms with Gasteiger partial charge in [0.05, 0.1) is 10.8 Å². The van der Waals surface area contributed by atoms with Gasteiger partial charge in [0.15, 0.2) is 0 Å². The molecule has 0 aromatic rings. The lowest BCUT2D eigenvalue weighted by atomic mass is 9.50. The van der Waals surface area contributed by atoms with Gasteiger partial charge in [0.1, 0.15) is 11.6 Å². The first kappa shape index (κ1) is 9.71. The molecule has 6 aliphatic carbocycles. The molecule has 4 fully saturated rings. The van der Waals surface area contributed by atoms with Crippen molar-refractivity contribution in [3.05, 3.63) is 24.3 Å². The van der Waals surface area contributed by atoms with Crippen molar-refractivity contribution in [2.75, 3.05) is 0 Å². The number of ketones is 2. The summed E-state index contributed by atoms with van der Waals surface area (Å²) in [5, 5.41) is 0. The van der Waals surface area contributed by atoms with Crippen LogP contribution >= 0.6 is 0 Å². The molecule has 2 nitrogen and oxygen atoms in total. The number of carbonyl (C=O) groups is 2. The van der Waals surface area contributed by atoms with Gasteiger partial charge in [-0.1, -0.05) is 24.3 Å². The Hall–Kier alpha value is -1.18. The lowest BCUT2D eigenvalue weighted by Crippen LogP contribution is -2.56. The third kappa shape index (κ3) is 0.519. The van der Waals surface area contributed by atoms with Crippen molar-refractivity contribution >= 4 is 11.6 Å². The molecule has 4 unspecified atom stereocenters. The number of hydrogen-bond acceptors (Lipinski definition) is 2. The fourth-order valence-electron chi connectivity index (χ4n) is 7.29. The van der Waals surface area contributed by atoms with Crippen LogP contribution in [0.3, 0.4) is 0 Å². The summed E-state index contributed by atoms with van der Waals surface area (Å²) in [5.74, 6) is 3.06. The van der Waals surface area contributed by atoms with Crippen LogP contribution in [0.4, 0.5) is 0 Å². The van der Waals surface area contributed by atoms with Gasteiger partial charge in [0.25, 0.3) is 0 Å². The monoisotopic (exact) mass is 240 g/mol. The summed E-state index contributed by atoms with van der Waals surface area (Å²) in [7, 11) is 0. The fourth-order valence-corrected chi connectivity index (χ4v) is 7.29. The minimum atomic E-state index is -0.368. The second-order valence-corrected chi connectivity index (χ2v) is 6.88. The topological polar surface area (TPSA) is 34.1 Å². The molecule has 0 radical (unpaired) electrons. The van der Waals surface area contributed by atoms with E-state index in [0.29, 0.717) is 35.5 Å². The molecule has 0 amide bonds. The summed E-state index contributed by atoms with van der Waals surface area (Å²) in [6.45, 7) is 3.44. The smallest absolute Gasteiger partial charge is 0.138 e. The zero-order chi connectivity index (χ0) is 12.4. The van der Waals surface area contributed by atoms with Crippen molar-refractivity contribution in [3.63, 3.8) is 0 Å². The predicted octanol–water partition coefficient (Wildman–Crippen LogP) is 2.01. The number of allylic oxidation sites excluding steroid dienone is 4. The maximum atomic E-state index is 12.5. The highest BCUT2D eigenvalue weighted by Gasteiger charge is 2.91. The molecule has 0 aromatic heterocycles. The van der Waals surface area contributed by atoms with E-state index in [2.05, 4.69) is 24.3 Å². The highest BCUT2D eigenvalue weighted by Crippen LogP contribution is 2.89. The van der Waals surface area contributed by atoms with E-state index in [9.17, 15) is 9.59 Å². The van der Waals surface area contributed by atoms with Crippen LogP contribution < -0.4 is 0 Å². The van der Waals surface area contributed by atoms with Crippen LogP contribution in [0.25, 0.3) is 0 Å². The van der Waals surface area contributed by atoms with Crippen LogP contribution in [-0.4, -0.2) is 11.6 Å². The van der Waals surface area contributed by atoms with Crippen molar-refractivity contribution < 1.29 is 9.59 Å². The molecule has 18 heavy (non-hydrogen) atoms. The summed E-state index contributed by atoms with van der Waals surface area (Å²) in [6, 6.07) is 0. The molecule has 0 N–H and O–H groups in total. The molecule has 0 saturated heterocycles. The van der Waals surface area contributed by atoms with Crippen LogP contribution in [0.2, 0.25) is 0 Å². The first-order chi connectivity index (χ1) is 8.59. The molecule has 2 heteroatoms. The minimum Gasteiger partial charge on any atom is -0.299 e. The molecular formula is C16H16O2. The van der Waals surface area contributed by atoms with Crippen molar-refractivity contribution in [2.45, 2.75) is 13.8 Å². The van der Waals surface area contributed by atoms with Gasteiger partial charge in [-0.3, -0.25) is 9.59 Å². The third-order valence-electron chi connectivity index (χ3n) is 7.11. The van der Waals surface area contributed by atoms with E-state index in [0.717, 1.165) is 0 Å². The first-order valence-corrected chi connectivity index (χ1v) is 6.98.